The van der Waals surface area contributed by atoms with Crippen molar-refractivity contribution in [2.24, 2.45) is 0 Å². The van der Waals surface area contributed by atoms with Gasteiger partial charge in [0.2, 0.25) is 0 Å². The van der Waals surface area contributed by atoms with Gasteiger partial charge in [0, 0.05) is 44.0 Å². The molecule has 34 heavy (non-hydrogen) atoms. The van der Waals surface area contributed by atoms with Crippen molar-refractivity contribution >= 4 is 23.5 Å². The fourth-order valence-corrected chi connectivity index (χ4v) is 4.54. The van der Waals surface area contributed by atoms with Gasteiger partial charge in [0.25, 0.3) is 11.8 Å². The van der Waals surface area contributed by atoms with E-state index in [2.05, 4.69) is 0 Å². The van der Waals surface area contributed by atoms with Crippen LogP contribution in [0.25, 0.3) is 23.0 Å². The van der Waals surface area contributed by atoms with Crippen LogP contribution in [0.15, 0.2) is 90.9 Å². The molecule has 1 atom stereocenters. The monoisotopic (exact) mass is 450 g/mol. The molecule has 170 valence electrons. The van der Waals surface area contributed by atoms with Crippen molar-refractivity contribution in [2.45, 2.75) is 18.9 Å². The number of rotatable bonds is 4. The van der Waals surface area contributed by atoms with E-state index in [1.54, 1.807) is 25.1 Å². The summed E-state index contributed by atoms with van der Waals surface area (Å²) < 4.78 is 1.94. The second kappa shape index (κ2) is 8.30. The van der Waals surface area contributed by atoms with Gasteiger partial charge in [-0.1, -0.05) is 60.7 Å². The van der Waals surface area contributed by atoms with Crippen molar-refractivity contribution < 1.29 is 9.59 Å². The minimum absolute atomic E-state index is 0.120. The van der Waals surface area contributed by atoms with Crippen LogP contribution >= 0.6 is 0 Å². The van der Waals surface area contributed by atoms with Gasteiger partial charge >= 0.3 is 0 Å². The summed E-state index contributed by atoms with van der Waals surface area (Å²) in [5.41, 5.74) is 3.73. The molecule has 6 nitrogen and oxygen atoms in total. The van der Waals surface area contributed by atoms with Crippen LogP contribution in [0.4, 0.5) is 0 Å². The Hall–Kier alpha value is -4.19. The largest absolute Gasteiger partial charge is 0.326 e. The Morgan fingerprint density at radius 1 is 0.912 bits per heavy atom. The fraction of sp³-hybridized carbons (Fsp3) is 0.179. The van der Waals surface area contributed by atoms with Gasteiger partial charge in [-0.25, -0.2) is 4.98 Å². The van der Waals surface area contributed by atoms with Crippen molar-refractivity contribution in [3.63, 3.8) is 0 Å². The lowest BCUT2D eigenvalue weighted by atomic mass is 9.87. The van der Waals surface area contributed by atoms with Crippen LogP contribution in [-0.4, -0.2) is 50.6 Å². The Balaban J connectivity index is 1.53. The molecule has 6 heteroatoms. The maximum atomic E-state index is 13.5. The number of likely N-dealkylation sites (N-methyl/N-ethyl adjacent to an activating group) is 2. The summed E-state index contributed by atoms with van der Waals surface area (Å²) in [6, 6.07) is 23.6. The van der Waals surface area contributed by atoms with E-state index in [9.17, 15) is 9.59 Å². The van der Waals surface area contributed by atoms with E-state index in [-0.39, 0.29) is 11.8 Å². The molecular formula is C28H26N4O2. The summed E-state index contributed by atoms with van der Waals surface area (Å²) in [5.74, 6) is -0.317. The molecule has 2 aromatic carbocycles. The first-order chi connectivity index (χ1) is 16.4. The van der Waals surface area contributed by atoms with Crippen LogP contribution in [0.3, 0.4) is 0 Å². The predicted molar refractivity (Wildman–Crippen MR) is 133 cm³/mol. The molecule has 0 saturated carbocycles. The summed E-state index contributed by atoms with van der Waals surface area (Å²) in [4.78, 5) is 34.9. The van der Waals surface area contributed by atoms with Crippen molar-refractivity contribution in [3.05, 3.63) is 102 Å². The number of hydrogen-bond acceptors (Lipinski definition) is 3. The fourth-order valence-electron chi connectivity index (χ4n) is 4.54. The Morgan fingerprint density at radius 2 is 1.59 bits per heavy atom. The highest BCUT2D eigenvalue weighted by Gasteiger charge is 2.48. The average Bonchev–Trinajstić information content (AvgIpc) is 3.31. The average molecular weight is 451 g/mol. The topological polar surface area (TPSA) is 57.9 Å². The molecule has 1 saturated heterocycles. The normalized spacial score (nSPS) is 19.9. The van der Waals surface area contributed by atoms with E-state index in [1.165, 1.54) is 4.90 Å². The zero-order chi connectivity index (χ0) is 23.9. The highest BCUT2D eigenvalue weighted by atomic mass is 16.2. The van der Waals surface area contributed by atoms with E-state index < -0.39 is 5.54 Å². The van der Waals surface area contributed by atoms with Gasteiger partial charge in [-0.3, -0.25) is 9.59 Å². The van der Waals surface area contributed by atoms with Gasteiger partial charge in [-0.2, -0.15) is 0 Å². The van der Waals surface area contributed by atoms with Crippen LogP contribution < -0.4 is 0 Å². The Labute approximate surface area is 198 Å². The van der Waals surface area contributed by atoms with E-state index in [0.29, 0.717) is 12.1 Å². The number of nitrogens with zero attached hydrogens (tertiary/aromatic N) is 4. The van der Waals surface area contributed by atoms with Crippen LogP contribution in [0.2, 0.25) is 0 Å². The summed E-state index contributed by atoms with van der Waals surface area (Å²) in [5, 5.41) is 0. The number of pyridine rings is 1. The minimum atomic E-state index is -0.968. The molecule has 1 aliphatic heterocycles. The lowest BCUT2D eigenvalue weighted by Crippen LogP contribution is -2.64. The second-order valence-electron chi connectivity index (χ2n) is 8.88. The van der Waals surface area contributed by atoms with Gasteiger partial charge in [-0.15, -0.1) is 0 Å². The second-order valence-corrected chi connectivity index (χ2v) is 8.88. The number of carbonyl (C=O) groups excluding carboxylic acids is 2. The van der Waals surface area contributed by atoms with E-state index in [1.807, 2.05) is 96.5 Å². The zero-order valence-corrected chi connectivity index (χ0v) is 19.5. The van der Waals surface area contributed by atoms with Gasteiger partial charge < -0.3 is 14.2 Å². The molecule has 1 aliphatic rings. The number of amides is 2. The molecule has 0 aliphatic carbocycles. The van der Waals surface area contributed by atoms with Crippen LogP contribution in [-0.2, 0) is 16.0 Å². The van der Waals surface area contributed by atoms with Gasteiger partial charge in [-0.05, 0) is 30.7 Å². The van der Waals surface area contributed by atoms with Crippen molar-refractivity contribution in [3.8, 4) is 11.3 Å². The van der Waals surface area contributed by atoms with Crippen molar-refractivity contribution in [1.29, 1.82) is 0 Å². The molecule has 2 aromatic heterocycles. The van der Waals surface area contributed by atoms with E-state index in [4.69, 9.17) is 4.98 Å². The lowest BCUT2D eigenvalue weighted by molar-refractivity contribution is -0.155. The number of fused-ring (bicyclic) bond motifs is 1. The Morgan fingerprint density at radius 3 is 2.29 bits per heavy atom. The summed E-state index contributed by atoms with van der Waals surface area (Å²) in [6.07, 6.45) is 6.10. The summed E-state index contributed by atoms with van der Waals surface area (Å²) in [6.45, 7) is 1.83. The molecule has 5 rings (SSSR count). The van der Waals surface area contributed by atoms with Gasteiger partial charge in [0.05, 0.1) is 5.69 Å². The van der Waals surface area contributed by atoms with E-state index in [0.717, 1.165) is 28.0 Å². The molecule has 0 spiro atoms. The molecule has 1 unspecified atom stereocenters. The van der Waals surface area contributed by atoms with E-state index >= 15 is 0 Å². The molecule has 0 radical (unpaired) electrons. The third-order valence-corrected chi connectivity index (χ3v) is 6.66. The molecule has 2 amide bonds. The molecule has 3 heterocycles. The molecule has 4 aromatic rings. The summed E-state index contributed by atoms with van der Waals surface area (Å²) >= 11 is 0. The molecule has 0 N–H and O–H groups in total. The summed E-state index contributed by atoms with van der Waals surface area (Å²) in [7, 11) is 3.37. The maximum Gasteiger partial charge on any atom is 0.271 e. The Kier molecular flexibility index (Phi) is 5.28. The minimum Gasteiger partial charge on any atom is -0.326 e. The van der Waals surface area contributed by atoms with Crippen LogP contribution in [0.5, 0.6) is 0 Å². The van der Waals surface area contributed by atoms with Crippen LogP contribution in [0, 0.1) is 0 Å². The maximum absolute atomic E-state index is 13.5. The van der Waals surface area contributed by atoms with Crippen LogP contribution in [0.1, 0.15) is 18.1 Å². The molecular weight excluding hydrogens is 424 g/mol. The first-order valence-electron chi connectivity index (χ1n) is 11.2. The first kappa shape index (κ1) is 21.6. The van der Waals surface area contributed by atoms with Gasteiger partial charge in [0.1, 0.15) is 16.9 Å². The lowest BCUT2D eigenvalue weighted by Gasteiger charge is -2.45. The zero-order valence-electron chi connectivity index (χ0n) is 19.5. The quantitative estimate of drug-likeness (QED) is 0.436. The standard InChI is InChI=1S/C28H26N4O2/c1-28(18-20-11-6-4-7-12-20)27(34)30(2)24(26(33)31(28)3)17-22-15-10-16-32-19-23(29-25(22)32)21-13-8-5-9-14-21/h4-17,19H,18H2,1-3H3/b24-17-. The van der Waals surface area contributed by atoms with Gasteiger partial charge in [0.15, 0.2) is 0 Å². The number of aromatic nitrogens is 2. The molecule has 1 fully saturated rings. The highest BCUT2D eigenvalue weighted by Crippen LogP contribution is 2.32. The number of hydrogen-bond donors (Lipinski definition) is 0. The number of piperazine rings is 1. The first-order valence-corrected chi connectivity index (χ1v) is 11.2. The predicted octanol–water partition coefficient (Wildman–Crippen LogP) is 4.27. The van der Waals surface area contributed by atoms with Crippen molar-refractivity contribution in [1.82, 2.24) is 19.2 Å². The number of carbonyl (C=O) groups is 2. The third kappa shape index (κ3) is 3.57. The Bertz CT molecular complexity index is 1410. The third-order valence-electron chi connectivity index (χ3n) is 6.66. The smallest absolute Gasteiger partial charge is 0.271 e. The SMILES string of the molecule is CN1C(=O)C(C)(Cc2ccccc2)N(C)C(=O)/C1=C/c1cccn2cc(-c3ccccc3)nc12. The highest BCUT2D eigenvalue weighted by molar-refractivity contribution is 6.09. The number of benzene rings is 2. The van der Waals surface area contributed by atoms with Crippen molar-refractivity contribution in [2.75, 3.05) is 14.1 Å². The molecule has 0 bridgehead atoms. The number of imidazole rings is 1.